The zero-order valence-electron chi connectivity index (χ0n) is 13.7. The molecule has 26 heavy (non-hydrogen) atoms. The van der Waals surface area contributed by atoms with E-state index < -0.39 is 23.3 Å². The highest BCUT2D eigenvalue weighted by Crippen LogP contribution is 2.32. The summed E-state index contributed by atoms with van der Waals surface area (Å²) in [5.74, 6) is -0.892. The van der Waals surface area contributed by atoms with Crippen LogP contribution in [-0.2, 0) is 6.18 Å². The fourth-order valence-corrected chi connectivity index (χ4v) is 3.18. The number of piperidine rings is 1. The predicted octanol–water partition coefficient (Wildman–Crippen LogP) is 4.63. The maximum absolute atomic E-state index is 13.5. The van der Waals surface area contributed by atoms with Gasteiger partial charge in [-0.1, -0.05) is 22.0 Å². The third-order valence-corrected chi connectivity index (χ3v) is 4.50. The quantitative estimate of drug-likeness (QED) is 0.774. The van der Waals surface area contributed by atoms with Crippen molar-refractivity contribution in [1.82, 2.24) is 14.9 Å². The minimum Gasteiger partial charge on any atom is -0.339 e. The van der Waals surface area contributed by atoms with Gasteiger partial charge in [-0.15, -0.1) is 0 Å². The van der Waals surface area contributed by atoms with E-state index in [0.717, 1.165) is 29.9 Å². The molecule has 5 nitrogen and oxygen atoms in total. The lowest BCUT2D eigenvalue weighted by atomic mass is 10.1. The van der Waals surface area contributed by atoms with Crippen molar-refractivity contribution >= 4 is 33.5 Å². The van der Waals surface area contributed by atoms with Crippen LogP contribution in [0, 0.1) is 0 Å². The van der Waals surface area contributed by atoms with E-state index in [9.17, 15) is 18.0 Å². The van der Waals surface area contributed by atoms with Crippen LogP contribution in [0.2, 0.25) is 0 Å². The summed E-state index contributed by atoms with van der Waals surface area (Å²) in [5, 5.41) is 2.73. The van der Waals surface area contributed by atoms with Gasteiger partial charge in [0.05, 0.1) is 5.56 Å². The number of aromatic nitrogens is 2. The molecule has 0 spiro atoms. The average Bonchev–Trinajstić information content (AvgIpc) is 2.61. The Hall–Kier alpha value is -2.16. The van der Waals surface area contributed by atoms with Crippen LogP contribution in [0.4, 0.5) is 24.8 Å². The maximum Gasteiger partial charge on any atom is 0.434 e. The van der Waals surface area contributed by atoms with Crippen molar-refractivity contribution in [3.05, 3.63) is 46.2 Å². The number of alkyl halides is 3. The van der Waals surface area contributed by atoms with Crippen LogP contribution in [0.25, 0.3) is 0 Å². The standard InChI is InChI=1S/C17H16BrF3N4O/c18-11-5-4-6-12(9-11)23-16-22-10-13(14(24-16)17(19,20)21)15(26)25-7-2-1-3-8-25/h4-6,9-10H,1-3,7-8H2,(H,22,23,24). The molecule has 2 heterocycles. The number of hydrogen-bond acceptors (Lipinski definition) is 4. The van der Waals surface area contributed by atoms with Crippen LogP contribution in [0.15, 0.2) is 34.9 Å². The van der Waals surface area contributed by atoms with Gasteiger partial charge in [0.25, 0.3) is 5.91 Å². The fraction of sp³-hybridized carbons (Fsp3) is 0.353. The second-order valence-electron chi connectivity index (χ2n) is 5.94. The number of anilines is 2. The first-order valence-corrected chi connectivity index (χ1v) is 8.90. The van der Waals surface area contributed by atoms with Gasteiger partial charge < -0.3 is 10.2 Å². The number of carbonyl (C=O) groups excluding carboxylic acids is 1. The van der Waals surface area contributed by atoms with Gasteiger partial charge in [-0.05, 0) is 37.5 Å². The first-order valence-electron chi connectivity index (χ1n) is 8.11. The molecule has 0 bridgehead atoms. The molecule has 1 aliphatic heterocycles. The van der Waals surface area contributed by atoms with Crippen molar-refractivity contribution in [3.63, 3.8) is 0 Å². The molecule has 1 N–H and O–H groups in total. The normalized spacial score (nSPS) is 15.0. The molecule has 0 unspecified atom stereocenters. The van der Waals surface area contributed by atoms with Gasteiger partial charge in [-0.25, -0.2) is 9.97 Å². The molecule has 0 radical (unpaired) electrons. The summed E-state index contributed by atoms with van der Waals surface area (Å²) in [6, 6.07) is 6.87. The van der Waals surface area contributed by atoms with E-state index in [1.807, 2.05) is 0 Å². The summed E-state index contributed by atoms with van der Waals surface area (Å²) in [6.07, 6.45) is -1.25. The summed E-state index contributed by atoms with van der Waals surface area (Å²) < 4.78 is 41.1. The van der Waals surface area contributed by atoms with Gasteiger partial charge in [-0.3, -0.25) is 4.79 Å². The van der Waals surface area contributed by atoms with E-state index in [0.29, 0.717) is 18.8 Å². The lowest BCUT2D eigenvalue weighted by Gasteiger charge is -2.27. The zero-order chi connectivity index (χ0) is 18.7. The summed E-state index contributed by atoms with van der Waals surface area (Å²) in [7, 11) is 0. The van der Waals surface area contributed by atoms with Crippen LogP contribution in [-0.4, -0.2) is 33.9 Å². The van der Waals surface area contributed by atoms with E-state index in [2.05, 4.69) is 31.2 Å². The van der Waals surface area contributed by atoms with E-state index in [4.69, 9.17) is 0 Å². The predicted molar refractivity (Wildman–Crippen MR) is 94.2 cm³/mol. The number of halogens is 4. The number of carbonyl (C=O) groups is 1. The van der Waals surface area contributed by atoms with Crippen LogP contribution in [0.3, 0.4) is 0 Å². The molecular weight excluding hydrogens is 413 g/mol. The number of likely N-dealkylation sites (tertiary alicyclic amines) is 1. The van der Waals surface area contributed by atoms with Crippen molar-refractivity contribution in [3.8, 4) is 0 Å². The van der Waals surface area contributed by atoms with E-state index in [1.165, 1.54) is 4.90 Å². The highest BCUT2D eigenvalue weighted by Gasteiger charge is 2.39. The van der Waals surface area contributed by atoms with Crippen LogP contribution in [0.5, 0.6) is 0 Å². The minimum absolute atomic E-state index is 0.217. The Labute approximate surface area is 156 Å². The number of benzene rings is 1. The van der Waals surface area contributed by atoms with Gasteiger partial charge in [0, 0.05) is 29.4 Å². The van der Waals surface area contributed by atoms with E-state index in [1.54, 1.807) is 24.3 Å². The fourth-order valence-electron chi connectivity index (χ4n) is 2.78. The molecule has 1 amide bonds. The van der Waals surface area contributed by atoms with Gasteiger partial charge in [-0.2, -0.15) is 13.2 Å². The highest BCUT2D eigenvalue weighted by atomic mass is 79.9. The average molecular weight is 429 g/mol. The van der Waals surface area contributed by atoms with Crippen LogP contribution >= 0.6 is 15.9 Å². The summed E-state index contributed by atoms with van der Waals surface area (Å²) in [4.78, 5) is 21.4. The molecule has 0 aliphatic carbocycles. The molecule has 2 aromatic rings. The highest BCUT2D eigenvalue weighted by molar-refractivity contribution is 9.10. The van der Waals surface area contributed by atoms with Gasteiger partial charge in [0.1, 0.15) is 0 Å². The molecule has 0 saturated carbocycles. The number of rotatable bonds is 3. The maximum atomic E-state index is 13.5. The Morgan fingerprint density at radius 2 is 1.92 bits per heavy atom. The lowest BCUT2D eigenvalue weighted by Crippen LogP contribution is -2.37. The van der Waals surface area contributed by atoms with Crippen molar-refractivity contribution in [2.24, 2.45) is 0 Å². The molecule has 1 aromatic carbocycles. The molecular formula is C17H16BrF3N4O. The van der Waals surface area contributed by atoms with Crippen molar-refractivity contribution < 1.29 is 18.0 Å². The molecule has 0 atom stereocenters. The lowest BCUT2D eigenvalue weighted by molar-refractivity contribution is -0.141. The molecule has 1 fully saturated rings. The first kappa shape index (κ1) is 18.6. The van der Waals surface area contributed by atoms with Crippen molar-refractivity contribution in [2.45, 2.75) is 25.4 Å². The van der Waals surface area contributed by atoms with Gasteiger partial charge in [0.15, 0.2) is 5.69 Å². The van der Waals surface area contributed by atoms with Crippen molar-refractivity contribution in [2.75, 3.05) is 18.4 Å². The molecule has 138 valence electrons. The van der Waals surface area contributed by atoms with E-state index in [-0.39, 0.29) is 5.95 Å². The first-order chi connectivity index (χ1) is 12.3. The molecule has 1 aromatic heterocycles. The number of hydrogen-bond donors (Lipinski definition) is 1. The third-order valence-electron chi connectivity index (χ3n) is 4.01. The smallest absolute Gasteiger partial charge is 0.339 e. The Morgan fingerprint density at radius 1 is 1.19 bits per heavy atom. The Kier molecular flexibility index (Phi) is 5.45. The third kappa shape index (κ3) is 4.32. The molecule has 1 aliphatic rings. The molecule has 1 saturated heterocycles. The Morgan fingerprint density at radius 3 is 2.58 bits per heavy atom. The summed E-state index contributed by atoms with van der Waals surface area (Å²) in [5.41, 5.74) is -1.21. The van der Waals surface area contributed by atoms with Crippen LogP contribution in [0.1, 0.15) is 35.3 Å². The Bertz CT molecular complexity index is 807. The number of amides is 1. The second kappa shape index (κ2) is 7.61. The summed E-state index contributed by atoms with van der Waals surface area (Å²) in [6.45, 7) is 0.905. The van der Waals surface area contributed by atoms with Crippen molar-refractivity contribution in [1.29, 1.82) is 0 Å². The molecule has 9 heteroatoms. The topological polar surface area (TPSA) is 58.1 Å². The SMILES string of the molecule is O=C(c1cnc(Nc2cccc(Br)c2)nc1C(F)(F)F)N1CCCCC1. The molecule has 3 rings (SSSR count). The zero-order valence-corrected chi connectivity index (χ0v) is 15.3. The van der Waals surface area contributed by atoms with E-state index >= 15 is 0 Å². The minimum atomic E-state index is -4.75. The monoisotopic (exact) mass is 428 g/mol. The van der Waals surface area contributed by atoms with Gasteiger partial charge >= 0.3 is 6.18 Å². The number of nitrogens with one attached hydrogen (secondary N) is 1. The number of nitrogens with zero attached hydrogens (tertiary/aromatic N) is 3. The second-order valence-corrected chi connectivity index (χ2v) is 6.86. The largest absolute Gasteiger partial charge is 0.434 e. The Balaban J connectivity index is 1.92. The van der Waals surface area contributed by atoms with Crippen LogP contribution < -0.4 is 5.32 Å². The van der Waals surface area contributed by atoms with Gasteiger partial charge in [0.2, 0.25) is 5.95 Å². The summed E-state index contributed by atoms with van der Waals surface area (Å²) >= 11 is 3.29.